The molecule has 2 rings (SSSR count). The van der Waals surface area contributed by atoms with Crippen molar-refractivity contribution in [2.24, 2.45) is 11.7 Å². The quantitative estimate of drug-likeness (QED) is 0.863. The average molecular weight is 245 g/mol. The van der Waals surface area contributed by atoms with Crippen molar-refractivity contribution < 1.29 is 0 Å². The fourth-order valence-electron chi connectivity index (χ4n) is 1.88. The van der Waals surface area contributed by atoms with Gasteiger partial charge in [-0.2, -0.15) is 0 Å². The van der Waals surface area contributed by atoms with Crippen LogP contribution in [0.5, 0.6) is 0 Å². The van der Waals surface area contributed by atoms with Gasteiger partial charge in [-0.05, 0) is 18.1 Å². The SMILES string of the molecule is CC(C)CN(CCN)c1nnc2ccccc2n1. The molecule has 0 unspecified atom stereocenters. The summed E-state index contributed by atoms with van der Waals surface area (Å²) in [6.45, 7) is 6.55. The molecule has 5 nitrogen and oxygen atoms in total. The van der Waals surface area contributed by atoms with Crippen molar-refractivity contribution >= 4 is 17.0 Å². The van der Waals surface area contributed by atoms with Crippen molar-refractivity contribution in [3.8, 4) is 0 Å². The molecule has 0 amide bonds. The lowest BCUT2D eigenvalue weighted by atomic mass is 10.2. The molecule has 0 saturated heterocycles. The highest BCUT2D eigenvalue weighted by Gasteiger charge is 2.11. The summed E-state index contributed by atoms with van der Waals surface area (Å²) in [6, 6.07) is 7.75. The van der Waals surface area contributed by atoms with Crippen molar-refractivity contribution in [3.05, 3.63) is 24.3 Å². The van der Waals surface area contributed by atoms with Crippen LogP contribution in [0.3, 0.4) is 0 Å². The van der Waals surface area contributed by atoms with Crippen LogP contribution in [0, 0.1) is 5.92 Å². The summed E-state index contributed by atoms with van der Waals surface area (Å²) in [7, 11) is 0. The van der Waals surface area contributed by atoms with Gasteiger partial charge in [0.1, 0.15) is 5.52 Å². The van der Waals surface area contributed by atoms with Crippen LogP contribution >= 0.6 is 0 Å². The van der Waals surface area contributed by atoms with Crippen LogP contribution in [0.2, 0.25) is 0 Å². The standard InChI is InChI=1S/C13H19N5/c1-10(2)9-18(8-7-14)13-15-11-5-3-4-6-12(11)16-17-13/h3-6,10H,7-9,14H2,1-2H3. The monoisotopic (exact) mass is 245 g/mol. The number of nitrogens with two attached hydrogens (primary N) is 1. The molecule has 18 heavy (non-hydrogen) atoms. The van der Waals surface area contributed by atoms with E-state index in [4.69, 9.17) is 5.73 Å². The smallest absolute Gasteiger partial charge is 0.245 e. The topological polar surface area (TPSA) is 67.9 Å². The lowest BCUT2D eigenvalue weighted by Gasteiger charge is -2.23. The van der Waals surface area contributed by atoms with E-state index >= 15 is 0 Å². The number of hydrogen-bond acceptors (Lipinski definition) is 5. The first-order valence-corrected chi connectivity index (χ1v) is 6.25. The van der Waals surface area contributed by atoms with Gasteiger partial charge in [0.25, 0.3) is 0 Å². The van der Waals surface area contributed by atoms with Crippen molar-refractivity contribution in [2.75, 3.05) is 24.5 Å². The van der Waals surface area contributed by atoms with E-state index in [2.05, 4.69) is 33.9 Å². The first-order valence-electron chi connectivity index (χ1n) is 6.25. The second-order valence-electron chi connectivity index (χ2n) is 4.73. The lowest BCUT2D eigenvalue weighted by molar-refractivity contribution is 0.600. The summed E-state index contributed by atoms with van der Waals surface area (Å²) in [4.78, 5) is 6.63. The number of fused-ring (bicyclic) bond motifs is 1. The van der Waals surface area contributed by atoms with E-state index in [9.17, 15) is 0 Å². The maximum Gasteiger partial charge on any atom is 0.245 e. The molecule has 0 spiro atoms. The molecule has 0 aliphatic rings. The Labute approximate surface area is 107 Å². The molecule has 0 radical (unpaired) electrons. The molecule has 1 aromatic carbocycles. The third kappa shape index (κ3) is 2.92. The predicted octanol–water partition coefficient (Wildman–Crippen LogP) is 1.45. The second kappa shape index (κ2) is 5.73. The molecule has 0 bridgehead atoms. The maximum absolute atomic E-state index is 5.64. The van der Waals surface area contributed by atoms with E-state index in [-0.39, 0.29) is 0 Å². The Morgan fingerprint density at radius 1 is 1.17 bits per heavy atom. The third-order valence-electron chi connectivity index (χ3n) is 2.62. The van der Waals surface area contributed by atoms with E-state index in [0.717, 1.165) is 24.1 Å². The van der Waals surface area contributed by atoms with Gasteiger partial charge in [0.05, 0.1) is 5.52 Å². The zero-order valence-corrected chi connectivity index (χ0v) is 10.9. The Morgan fingerprint density at radius 3 is 2.56 bits per heavy atom. The molecule has 2 aromatic rings. The molecule has 1 aromatic heterocycles. The van der Waals surface area contributed by atoms with Gasteiger partial charge in [-0.3, -0.25) is 0 Å². The van der Waals surface area contributed by atoms with Crippen molar-refractivity contribution in [1.82, 2.24) is 15.2 Å². The molecule has 0 saturated carbocycles. The van der Waals surface area contributed by atoms with Crippen LogP contribution in [0.15, 0.2) is 24.3 Å². The molecule has 5 heteroatoms. The lowest BCUT2D eigenvalue weighted by Crippen LogP contribution is -2.34. The van der Waals surface area contributed by atoms with E-state index in [1.165, 1.54) is 0 Å². The summed E-state index contributed by atoms with van der Waals surface area (Å²) in [6.07, 6.45) is 0. The Hall–Kier alpha value is -1.75. The highest BCUT2D eigenvalue weighted by Crippen LogP contribution is 2.13. The largest absolute Gasteiger partial charge is 0.338 e. The molecule has 2 N–H and O–H groups in total. The Bertz CT molecular complexity index is 511. The minimum atomic E-state index is 0.534. The van der Waals surface area contributed by atoms with Crippen LogP contribution in [-0.2, 0) is 0 Å². The Morgan fingerprint density at radius 2 is 1.89 bits per heavy atom. The molecule has 96 valence electrons. The summed E-state index contributed by atoms with van der Waals surface area (Å²) < 4.78 is 0. The number of rotatable bonds is 5. The van der Waals surface area contributed by atoms with Crippen molar-refractivity contribution in [3.63, 3.8) is 0 Å². The zero-order valence-electron chi connectivity index (χ0n) is 10.9. The molecule has 0 atom stereocenters. The first kappa shape index (κ1) is 12.7. The number of benzene rings is 1. The summed E-state index contributed by atoms with van der Waals surface area (Å²) in [5.74, 6) is 1.19. The Balaban J connectivity index is 2.31. The number of aromatic nitrogens is 3. The molecular formula is C13H19N5. The van der Waals surface area contributed by atoms with Crippen LogP contribution in [0.25, 0.3) is 11.0 Å². The van der Waals surface area contributed by atoms with Gasteiger partial charge in [0, 0.05) is 19.6 Å². The first-order chi connectivity index (χ1) is 8.70. The molecule has 1 heterocycles. The normalized spacial score (nSPS) is 11.1. The van der Waals surface area contributed by atoms with Crippen LogP contribution in [0.1, 0.15) is 13.8 Å². The minimum Gasteiger partial charge on any atom is -0.338 e. The highest BCUT2D eigenvalue weighted by molar-refractivity contribution is 5.74. The van der Waals surface area contributed by atoms with Gasteiger partial charge in [0.15, 0.2) is 0 Å². The van der Waals surface area contributed by atoms with Crippen molar-refractivity contribution in [2.45, 2.75) is 13.8 Å². The van der Waals surface area contributed by atoms with Crippen LogP contribution < -0.4 is 10.6 Å². The average Bonchev–Trinajstić information content (AvgIpc) is 2.37. The highest BCUT2D eigenvalue weighted by atomic mass is 15.3. The van der Waals surface area contributed by atoms with Gasteiger partial charge in [0.2, 0.25) is 5.95 Å². The van der Waals surface area contributed by atoms with E-state index in [1.54, 1.807) is 0 Å². The predicted molar refractivity (Wildman–Crippen MR) is 73.4 cm³/mol. The summed E-state index contributed by atoms with van der Waals surface area (Å²) >= 11 is 0. The van der Waals surface area contributed by atoms with Gasteiger partial charge in [-0.15, -0.1) is 10.2 Å². The third-order valence-corrected chi connectivity index (χ3v) is 2.62. The van der Waals surface area contributed by atoms with Gasteiger partial charge < -0.3 is 10.6 Å². The van der Waals surface area contributed by atoms with Gasteiger partial charge in [-0.1, -0.05) is 26.0 Å². The molecule has 0 fully saturated rings. The minimum absolute atomic E-state index is 0.534. The van der Waals surface area contributed by atoms with Gasteiger partial charge in [-0.25, -0.2) is 4.98 Å². The number of nitrogens with zero attached hydrogens (tertiary/aromatic N) is 4. The Kier molecular flexibility index (Phi) is 4.04. The zero-order chi connectivity index (χ0) is 13.0. The van der Waals surface area contributed by atoms with E-state index < -0.39 is 0 Å². The maximum atomic E-state index is 5.64. The number of anilines is 1. The fraction of sp³-hybridized carbons (Fsp3) is 0.462. The van der Waals surface area contributed by atoms with Gasteiger partial charge >= 0.3 is 0 Å². The second-order valence-corrected chi connectivity index (χ2v) is 4.73. The fourth-order valence-corrected chi connectivity index (χ4v) is 1.88. The summed E-state index contributed by atoms with van der Waals surface area (Å²) in [5, 5.41) is 8.38. The molecule has 0 aliphatic heterocycles. The van der Waals surface area contributed by atoms with Crippen LogP contribution in [-0.4, -0.2) is 34.8 Å². The molecule has 0 aliphatic carbocycles. The van der Waals surface area contributed by atoms with Crippen LogP contribution in [0.4, 0.5) is 5.95 Å². The van der Waals surface area contributed by atoms with Crippen molar-refractivity contribution in [1.29, 1.82) is 0 Å². The number of para-hydroxylation sites is 1. The molecular weight excluding hydrogens is 226 g/mol. The van der Waals surface area contributed by atoms with E-state index in [0.29, 0.717) is 18.4 Å². The number of hydrogen-bond donors (Lipinski definition) is 1. The summed E-state index contributed by atoms with van der Waals surface area (Å²) in [5.41, 5.74) is 7.32. The van der Waals surface area contributed by atoms with E-state index in [1.807, 2.05) is 24.3 Å².